The van der Waals surface area contributed by atoms with E-state index in [-0.39, 0.29) is 12.1 Å². The van der Waals surface area contributed by atoms with Gasteiger partial charge in [-0.15, -0.1) is 0 Å². The molecular weight excluding hydrogens is 340 g/mol. The number of pyridine rings is 1. The van der Waals surface area contributed by atoms with Gasteiger partial charge in [0.25, 0.3) is 0 Å². The van der Waals surface area contributed by atoms with Crippen LogP contribution in [0.5, 0.6) is 0 Å². The lowest BCUT2D eigenvalue weighted by molar-refractivity contribution is 0.213. The molecule has 142 valence electrons. The van der Waals surface area contributed by atoms with Crippen molar-refractivity contribution < 1.29 is 5.11 Å². The normalized spacial score (nSPS) is 17.6. The highest BCUT2D eigenvalue weighted by molar-refractivity contribution is 5.69. The Bertz CT molecular complexity index is 817. The summed E-state index contributed by atoms with van der Waals surface area (Å²) in [5, 5.41) is 16.9. The third kappa shape index (κ3) is 3.73. The number of hydrogen-bond acceptors (Lipinski definition) is 7. The number of aromatic nitrogens is 3. The Labute approximate surface area is 159 Å². The number of nitrogens with zero attached hydrogens (tertiary/aromatic N) is 4. The molecule has 7 nitrogen and oxygen atoms in total. The minimum Gasteiger partial charge on any atom is -0.394 e. The Hall–Kier alpha value is -2.67. The number of anilines is 3. The van der Waals surface area contributed by atoms with Crippen LogP contribution in [0.15, 0.2) is 30.9 Å². The molecule has 1 saturated carbocycles. The van der Waals surface area contributed by atoms with Gasteiger partial charge < -0.3 is 20.6 Å². The Morgan fingerprint density at radius 3 is 2.78 bits per heavy atom. The lowest BCUT2D eigenvalue weighted by atomic mass is 9.97. The summed E-state index contributed by atoms with van der Waals surface area (Å²) in [6.07, 6.45) is 13.4. The lowest BCUT2D eigenvalue weighted by Gasteiger charge is -2.32. The SMILES string of the molecule is CCN1C=Cc2cc(Nc3cnccn3)nc(NC3(CO)CCCC3)c2C1. The van der Waals surface area contributed by atoms with Gasteiger partial charge in [0, 0.05) is 31.0 Å². The van der Waals surface area contributed by atoms with Crippen LogP contribution < -0.4 is 10.6 Å². The third-order valence-corrected chi connectivity index (χ3v) is 5.46. The number of nitrogens with one attached hydrogen (secondary N) is 2. The number of aliphatic hydroxyl groups excluding tert-OH is 1. The number of aliphatic hydroxyl groups is 1. The fourth-order valence-electron chi connectivity index (χ4n) is 3.85. The Morgan fingerprint density at radius 1 is 1.22 bits per heavy atom. The van der Waals surface area contributed by atoms with Crippen molar-refractivity contribution >= 4 is 23.5 Å². The summed E-state index contributed by atoms with van der Waals surface area (Å²) in [6, 6.07) is 2.04. The molecule has 0 atom stereocenters. The van der Waals surface area contributed by atoms with E-state index in [0.29, 0.717) is 5.82 Å². The van der Waals surface area contributed by atoms with Gasteiger partial charge in [0.15, 0.2) is 0 Å². The van der Waals surface area contributed by atoms with E-state index < -0.39 is 0 Å². The molecule has 0 saturated heterocycles. The molecule has 2 aliphatic rings. The zero-order valence-electron chi connectivity index (χ0n) is 15.6. The van der Waals surface area contributed by atoms with Crippen molar-refractivity contribution in [2.45, 2.75) is 44.7 Å². The van der Waals surface area contributed by atoms with Crippen molar-refractivity contribution in [3.05, 3.63) is 42.0 Å². The van der Waals surface area contributed by atoms with Crippen molar-refractivity contribution in [1.82, 2.24) is 19.9 Å². The first-order chi connectivity index (χ1) is 13.2. The average Bonchev–Trinajstić information content (AvgIpc) is 3.17. The highest BCUT2D eigenvalue weighted by Crippen LogP contribution is 2.36. The van der Waals surface area contributed by atoms with Gasteiger partial charge in [-0.2, -0.15) is 0 Å². The molecule has 4 rings (SSSR count). The maximum Gasteiger partial charge on any atom is 0.150 e. The summed E-state index contributed by atoms with van der Waals surface area (Å²) >= 11 is 0. The Kier molecular flexibility index (Phi) is 4.94. The first-order valence-corrected chi connectivity index (χ1v) is 9.59. The lowest BCUT2D eigenvalue weighted by Crippen LogP contribution is -2.40. The number of hydrogen-bond donors (Lipinski definition) is 3. The van der Waals surface area contributed by atoms with Crippen LogP contribution in [0, 0.1) is 0 Å². The van der Waals surface area contributed by atoms with Gasteiger partial charge in [-0.05, 0) is 43.7 Å². The van der Waals surface area contributed by atoms with Crippen molar-refractivity contribution in [3.63, 3.8) is 0 Å². The Balaban J connectivity index is 1.70. The molecule has 0 bridgehead atoms. The molecule has 0 aromatic carbocycles. The van der Waals surface area contributed by atoms with Crippen LogP contribution in [0.25, 0.3) is 6.08 Å². The van der Waals surface area contributed by atoms with Crippen LogP contribution in [0.2, 0.25) is 0 Å². The Morgan fingerprint density at radius 2 is 2.07 bits per heavy atom. The minimum absolute atomic E-state index is 0.124. The summed E-state index contributed by atoms with van der Waals surface area (Å²) in [6.45, 7) is 4.02. The van der Waals surface area contributed by atoms with Crippen LogP contribution in [0.4, 0.5) is 17.5 Å². The van der Waals surface area contributed by atoms with Gasteiger partial charge in [-0.25, -0.2) is 9.97 Å². The van der Waals surface area contributed by atoms with E-state index in [2.05, 4.69) is 44.7 Å². The fraction of sp³-hybridized carbons (Fsp3) is 0.450. The monoisotopic (exact) mass is 366 g/mol. The maximum atomic E-state index is 10.0. The standard InChI is InChI=1S/C20H26N6O/c1-2-26-10-5-15-11-17(23-18-12-21-8-9-22-18)24-19(16(15)13-26)25-20(14-27)6-3-4-7-20/h5,8-12,27H,2-4,6-7,13-14H2,1H3,(H2,22,23,24,25). The molecule has 1 aliphatic heterocycles. The second-order valence-electron chi connectivity index (χ2n) is 7.29. The zero-order valence-corrected chi connectivity index (χ0v) is 15.6. The molecule has 0 unspecified atom stereocenters. The van der Waals surface area contributed by atoms with Crippen LogP contribution in [0.3, 0.4) is 0 Å². The molecule has 3 N–H and O–H groups in total. The van der Waals surface area contributed by atoms with Crippen molar-refractivity contribution in [2.24, 2.45) is 0 Å². The predicted molar refractivity (Wildman–Crippen MR) is 107 cm³/mol. The first-order valence-electron chi connectivity index (χ1n) is 9.59. The van der Waals surface area contributed by atoms with Crippen LogP contribution >= 0.6 is 0 Å². The first kappa shape index (κ1) is 17.7. The third-order valence-electron chi connectivity index (χ3n) is 5.46. The maximum absolute atomic E-state index is 10.0. The highest BCUT2D eigenvalue weighted by atomic mass is 16.3. The summed E-state index contributed by atoms with van der Waals surface area (Å²) in [5.41, 5.74) is 2.03. The number of rotatable bonds is 6. The zero-order chi connectivity index (χ0) is 18.7. The van der Waals surface area contributed by atoms with Gasteiger partial charge in [0.1, 0.15) is 17.5 Å². The average molecular weight is 366 g/mol. The van der Waals surface area contributed by atoms with Gasteiger partial charge in [-0.1, -0.05) is 12.8 Å². The van der Waals surface area contributed by atoms with E-state index in [1.807, 2.05) is 6.07 Å². The summed E-state index contributed by atoms with van der Waals surface area (Å²) < 4.78 is 0. The summed E-state index contributed by atoms with van der Waals surface area (Å²) in [4.78, 5) is 15.5. The molecule has 0 radical (unpaired) electrons. The van der Waals surface area contributed by atoms with E-state index >= 15 is 0 Å². The van der Waals surface area contributed by atoms with Crippen molar-refractivity contribution in [3.8, 4) is 0 Å². The topological polar surface area (TPSA) is 86.2 Å². The van der Waals surface area contributed by atoms with Crippen LogP contribution in [-0.4, -0.2) is 43.6 Å². The largest absolute Gasteiger partial charge is 0.394 e. The summed E-state index contributed by atoms with van der Waals surface area (Å²) in [7, 11) is 0. The molecule has 1 aliphatic carbocycles. The van der Waals surface area contributed by atoms with Gasteiger partial charge in [-0.3, -0.25) is 4.98 Å². The molecule has 0 amide bonds. The quantitative estimate of drug-likeness (QED) is 0.724. The number of fused-ring (bicyclic) bond motifs is 1. The van der Waals surface area contributed by atoms with E-state index in [1.54, 1.807) is 18.6 Å². The second kappa shape index (κ2) is 7.52. The van der Waals surface area contributed by atoms with E-state index in [9.17, 15) is 5.11 Å². The van der Waals surface area contributed by atoms with E-state index in [1.165, 1.54) is 5.56 Å². The molecule has 27 heavy (non-hydrogen) atoms. The second-order valence-corrected chi connectivity index (χ2v) is 7.29. The molecule has 2 aromatic heterocycles. The molecule has 1 fully saturated rings. The molecule has 2 aromatic rings. The summed E-state index contributed by atoms with van der Waals surface area (Å²) in [5.74, 6) is 2.22. The van der Waals surface area contributed by atoms with Crippen molar-refractivity contribution in [1.29, 1.82) is 0 Å². The highest BCUT2D eigenvalue weighted by Gasteiger charge is 2.34. The van der Waals surface area contributed by atoms with E-state index in [4.69, 9.17) is 4.98 Å². The van der Waals surface area contributed by atoms with Crippen molar-refractivity contribution in [2.75, 3.05) is 23.8 Å². The predicted octanol–water partition coefficient (Wildman–Crippen LogP) is 3.14. The smallest absolute Gasteiger partial charge is 0.150 e. The van der Waals surface area contributed by atoms with Gasteiger partial charge >= 0.3 is 0 Å². The molecular formula is C20H26N6O. The van der Waals surface area contributed by atoms with Gasteiger partial charge in [0.05, 0.1) is 18.3 Å². The van der Waals surface area contributed by atoms with Crippen LogP contribution in [0.1, 0.15) is 43.7 Å². The molecule has 3 heterocycles. The fourth-order valence-corrected chi connectivity index (χ4v) is 3.85. The molecule has 7 heteroatoms. The van der Waals surface area contributed by atoms with E-state index in [0.717, 1.165) is 56.0 Å². The van der Waals surface area contributed by atoms with Gasteiger partial charge in [0.2, 0.25) is 0 Å². The van der Waals surface area contributed by atoms with Crippen LogP contribution in [-0.2, 0) is 6.54 Å². The minimum atomic E-state index is -0.274. The molecule has 0 spiro atoms.